The highest BCUT2D eigenvalue weighted by molar-refractivity contribution is 6.25. The lowest BCUT2D eigenvalue weighted by Crippen LogP contribution is -2.63. The molecule has 3 aliphatic rings. The molecule has 7 N–H and O–H groups in total. The van der Waals surface area contributed by atoms with Crippen molar-refractivity contribution in [3.05, 3.63) is 83.6 Å². The molecule has 0 saturated carbocycles. The lowest BCUT2D eigenvalue weighted by atomic mass is 9.84. The number of ether oxygens (including phenoxy) is 1. The molecule has 2 saturated heterocycles. The molecule has 64 heavy (non-hydrogen) atoms. The van der Waals surface area contributed by atoms with Gasteiger partial charge in [-0.3, -0.25) is 34.4 Å². The molecule has 5 aromatic rings. The fourth-order valence-corrected chi connectivity index (χ4v) is 8.54. The summed E-state index contributed by atoms with van der Waals surface area (Å²) in [6, 6.07) is 7.30. The number of nitrogens with two attached hydrogens (primary N) is 2. The van der Waals surface area contributed by atoms with Crippen LogP contribution in [0, 0.1) is 11.6 Å². The summed E-state index contributed by atoms with van der Waals surface area (Å²) in [5.74, 6) is -4.06. The Balaban J connectivity index is 0.888. The van der Waals surface area contributed by atoms with Crippen molar-refractivity contribution in [1.82, 2.24) is 34.7 Å². The average Bonchev–Trinajstić information content (AvgIpc) is 3.80. The number of amides is 4. The number of imidazole rings is 1. The number of carbonyl (C=O) groups is 4. The van der Waals surface area contributed by atoms with Gasteiger partial charge in [0.2, 0.25) is 11.8 Å². The van der Waals surface area contributed by atoms with Crippen LogP contribution in [0.5, 0.6) is 5.75 Å². The maximum atomic E-state index is 15.8. The first-order valence-corrected chi connectivity index (χ1v) is 20.8. The van der Waals surface area contributed by atoms with E-state index in [1.54, 1.807) is 27.7 Å². The smallest absolute Gasteiger partial charge is 0.265 e. The fraction of sp³-hybridized carbons (Fsp3) is 0.395. The highest BCUT2D eigenvalue weighted by atomic mass is 19.3. The second-order valence-electron chi connectivity index (χ2n) is 16.2. The summed E-state index contributed by atoms with van der Waals surface area (Å²) in [5, 5.41) is 15.7. The number of aliphatic hydroxyl groups excluding tert-OH is 1. The van der Waals surface area contributed by atoms with Crippen LogP contribution in [0.3, 0.4) is 0 Å². The summed E-state index contributed by atoms with van der Waals surface area (Å²) >= 11 is 0. The number of imide groups is 2. The molecule has 0 bridgehead atoms. The quantitative estimate of drug-likeness (QED) is 0.0532. The van der Waals surface area contributed by atoms with Crippen LogP contribution in [0.25, 0.3) is 22.4 Å². The van der Waals surface area contributed by atoms with Gasteiger partial charge in [0.25, 0.3) is 18.2 Å². The number of rotatable bonds is 16. The van der Waals surface area contributed by atoms with Crippen molar-refractivity contribution < 1.29 is 46.6 Å². The van der Waals surface area contributed by atoms with Crippen molar-refractivity contribution in [3.63, 3.8) is 0 Å². The van der Waals surface area contributed by atoms with E-state index >= 15 is 8.78 Å². The maximum Gasteiger partial charge on any atom is 0.265 e. The number of hydrogen-bond acceptors (Lipinski definition) is 14. The first-order valence-electron chi connectivity index (χ1n) is 20.8. The molecule has 6 heterocycles. The van der Waals surface area contributed by atoms with Crippen molar-refractivity contribution in [3.8, 4) is 17.0 Å². The summed E-state index contributed by atoms with van der Waals surface area (Å²) in [5.41, 5.74) is 13.2. The summed E-state index contributed by atoms with van der Waals surface area (Å²) in [6.45, 7) is 0.942. The Morgan fingerprint density at radius 3 is 2.59 bits per heavy atom. The predicted octanol–water partition coefficient (Wildman–Crippen LogP) is 4.17. The number of pyridine rings is 1. The van der Waals surface area contributed by atoms with Crippen molar-refractivity contribution >= 4 is 52.0 Å². The molecule has 0 spiro atoms. The molecule has 2 fully saturated rings. The Bertz CT molecular complexity index is 2630. The highest BCUT2D eigenvalue weighted by Gasteiger charge is 2.46. The average molecular weight is 888 g/mol. The van der Waals surface area contributed by atoms with E-state index in [0.29, 0.717) is 66.9 Å². The Labute approximate surface area is 363 Å². The molecule has 21 heteroatoms. The zero-order chi connectivity index (χ0) is 45.3. The topological polar surface area (TPSA) is 237 Å². The van der Waals surface area contributed by atoms with E-state index in [2.05, 4.69) is 30.6 Å². The van der Waals surface area contributed by atoms with Crippen molar-refractivity contribution in [2.45, 2.75) is 82.0 Å². The monoisotopic (exact) mass is 887 g/mol. The van der Waals surface area contributed by atoms with Crippen LogP contribution in [0.2, 0.25) is 0 Å². The SMILES string of the molecule is Nc1ncnc2c1ncn2Cc1cc(-c2cc(F)c(OCCCCCCNc3cccc4c3C(=O)N(C3CCC(=O)NC3=O)C4=O)cc2F)ncc1N1CCC[C@](N)([C@H](O)C(F)F)C1. The molecule has 336 valence electrons. The zero-order valence-electron chi connectivity index (χ0n) is 34.4. The molecule has 8 rings (SSSR count). The van der Waals surface area contributed by atoms with Gasteiger partial charge in [0.15, 0.2) is 23.0 Å². The number of piperidine rings is 2. The number of aliphatic hydroxyl groups is 1. The maximum absolute atomic E-state index is 15.8. The lowest BCUT2D eigenvalue weighted by molar-refractivity contribution is -0.136. The number of aromatic nitrogens is 5. The number of halogens is 4. The van der Waals surface area contributed by atoms with Gasteiger partial charge in [0, 0.05) is 43.4 Å². The standard InChI is InChI=1S/C43H45F4N11O6/c44-26-17-32(64-14-4-2-1-3-12-50-28-8-5-7-24-34(28)42(63)58(41(24)62)30-9-10-33(59)55-40(30)61)27(45)16-25(26)29-15-23(19-57-22-54-35-38(48)52-21-53-39(35)57)31(18-51-29)56-13-6-11-43(49,20-56)36(60)37(46)47/h5,7-8,15-18,21-22,30,36-37,50,60H,1-4,6,9-14,19-20,49H2,(H2,48,52,53)(H,55,59,61)/t30?,36-,43-/m1/s1. The predicted molar refractivity (Wildman–Crippen MR) is 224 cm³/mol. The molecule has 3 aromatic heterocycles. The molecule has 4 amide bonds. The molecule has 0 aliphatic carbocycles. The van der Waals surface area contributed by atoms with Gasteiger partial charge in [-0.15, -0.1) is 0 Å². The van der Waals surface area contributed by atoms with Crippen LogP contribution in [-0.4, -0.2) is 108 Å². The summed E-state index contributed by atoms with van der Waals surface area (Å²) in [4.78, 5) is 70.2. The first kappa shape index (κ1) is 43.9. The second-order valence-corrected chi connectivity index (χ2v) is 16.2. The van der Waals surface area contributed by atoms with Gasteiger partial charge in [-0.25, -0.2) is 32.5 Å². The number of fused-ring (bicyclic) bond motifs is 2. The van der Waals surface area contributed by atoms with Gasteiger partial charge in [0.05, 0.1) is 53.7 Å². The molecule has 17 nitrogen and oxygen atoms in total. The molecule has 0 radical (unpaired) electrons. The third-order valence-corrected chi connectivity index (χ3v) is 11.9. The third-order valence-electron chi connectivity index (χ3n) is 11.9. The minimum Gasteiger partial charge on any atom is -0.490 e. The van der Waals surface area contributed by atoms with E-state index in [1.807, 2.05) is 0 Å². The number of nitrogen functional groups attached to an aromatic ring is 1. The van der Waals surface area contributed by atoms with Crippen molar-refractivity contribution in [2.24, 2.45) is 5.73 Å². The lowest BCUT2D eigenvalue weighted by Gasteiger charge is -2.44. The Morgan fingerprint density at radius 1 is 0.984 bits per heavy atom. The van der Waals surface area contributed by atoms with E-state index < -0.39 is 59.4 Å². The number of carbonyl (C=O) groups excluding carboxylic acids is 4. The van der Waals surface area contributed by atoms with Gasteiger partial charge in [0.1, 0.15) is 29.8 Å². The Kier molecular flexibility index (Phi) is 12.5. The van der Waals surface area contributed by atoms with Gasteiger partial charge in [-0.05, 0) is 61.9 Å². The van der Waals surface area contributed by atoms with Crippen LogP contribution in [0.1, 0.15) is 77.6 Å². The zero-order valence-corrected chi connectivity index (χ0v) is 34.4. The number of hydrogen-bond donors (Lipinski definition) is 5. The molecule has 3 atom stereocenters. The van der Waals surface area contributed by atoms with E-state index in [4.69, 9.17) is 16.2 Å². The van der Waals surface area contributed by atoms with E-state index in [9.17, 15) is 33.1 Å². The molecule has 1 unspecified atom stereocenters. The molecule has 3 aliphatic heterocycles. The number of alkyl halides is 2. The Hall–Kier alpha value is -6.74. The summed E-state index contributed by atoms with van der Waals surface area (Å²) in [6.07, 6.45) is 2.36. The highest BCUT2D eigenvalue weighted by Crippen LogP contribution is 2.36. The largest absolute Gasteiger partial charge is 0.490 e. The molecular formula is C43H45F4N11O6. The summed E-state index contributed by atoms with van der Waals surface area (Å²) in [7, 11) is 0. The van der Waals surface area contributed by atoms with E-state index in [1.165, 1.54) is 24.9 Å². The number of nitrogens with zero attached hydrogens (tertiary/aromatic N) is 7. The van der Waals surface area contributed by atoms with E-state index in [-0.39, 0.29) is 72.9 Å². The number of benzene rings is 2. The number of unbranched alkanes of at least 4 members (excludes halogenated alkanes) is 3. The van der Waals surface area contributed by atoms with Crippen LogP contribution in [0.15, 0.2) is 55.2 Å². The molecule has 2 aromatic carbocycles. The van der Waals surface area contributed by atoms with Gasteiger partial charge >= 0.3 is 0 Å². The van der Waals surface area contributed by atoms with Gasteiger partial charge < -0.3 is 36.1 Å². The van der Waals surface area contributed by atoms with Crippen LogP contribution >= 0.6 is 0 Å². The summed E-state index contributed by atoms with van der Waals surface area (Å²) < 4.78 is 65.9. The Morgan fingerprint density at radius 2 is 1.80 bits per heavy atom. The minimum absolute atomic E-state index is 0.0236. The first-order chi connectivity index (χ1) is 30.7. The second kappa shape index (κ2) is 18.2. The molecular weight excluding hydrogens is 843 g/mol. The van der Waals surface area contributed by atoms with Gasteiger partial charge in [-0.2, -0.15) is 0 Å². The van der Waals surface area contributed by atoms with E-state index in [0.717, 1.165) is 23.5 Å². The van der Waals surface area contributed by atoms with Crippen molar-refractivity contribution in [1.29, 1.82) is 0 Å². The number of nitrogens with one attached hydrogen (secondary N) is 2. The van der Waals surface area contributed by atoms with Crippen LogP contribution in [-0.2, 0) is 16.1 Å². The third kappa shape index (κ3) is 8.64. The van der Waals surface area contributed by atoms with Crippen LogP contribution < -0.4 is 31.7 Å². The normalized spacial score (nSPS) is 19.4. The van der Waals surface area contributed by atoms with Crippen molar-refractivity contribution in [2.75, 3.05) is 42.2 Å². The van der Waals surface area contributed by atoms with Gasteiger partial charge in [-0.1, -0.05) is 18.9 Å². The minimum atomic E-state index is -3.05. The van der Waals surface area contributed by atoms with Crippen LogP contribution in [0.4, 0.5) is 34.8 Å². The number of anilines is 3. The fourth-order valence-electron chi connectivity index (χ4n) is 8.54.